The van der Waals surface area contributed by atoms with Gasteiger partial charge in [-0.2, -0.15) is 0 Å². The van der Waals surface area contributed by atoms with Crippen molar-refractivity contribution < 1.29 is 22.4 Å². The zero-order chi connectivity index (χ0) is 30.3. The normalized spacial score (nSPS) is 11.9. The number of hydrogen-bond acceptors (Lipinski definition) is 4. The fourth-order valence-corrected chi connectivity index (χ4v) is 6.24. The van der Waals surface area contributed by atoms with Gasteiger partial charge in [-0.25, -0.2) is 12.8 Å². The van der Waals surface area contributed by atoms with Crippen LogP contribution in [0.3, 0.4) is 0 Å². The van der Waals surface area contributed by atoms with Crippen LogP contribution < -0.4 is 9.62 Å². The third-order valence-corrected chi connectivity index (χ3v) is 8.83. The molecule has 1 N–H and O–H groups in total. The number of hydrogen-bond donors (Lipinski definition) is 1. The largest absolute Gasteiger partial charge is 0.357 e. The average molecular weight is 588 g/mol. The quantitative estimate of drug-likeness (QED) is 0.267. The Labute approximate surface area is 246 Å². The topological polar surface area (TPSA) is 86.8 Å². The van der Waals surface area contributed by atoms with Crippen LogP contribution >= 0.6 is 0 Å². The number of halogens is 1. The lowest BCUT2D eigenvalue weighted by molar-refractivity contribution is -0.139. The molecule has 4 aromatic carbocycles. The van der Waals surface area contributed by atoms with Crippen molar-refractivity contribution in [2.75, 3.05) is 17.9 Å². The van der Waals surface area contributed by atoms with Gasteiger partial charge in [0.05, 0.1) is 10.6 Å². The van der Waals surface area contributed by atoms with Crippen molar-refractivity contribution in [1.82, 2.24) is 10.2 Å². The maximum absolute atomic E-state index is 14.9. The molecule has 0 radical (unpaired) electrons. The van der Waals surface area contributed by atoms with E-state index in [1.165, 1.54) is 30.1 Å². The Morgan fingerprint density at radius 1 is 0.857 bits per heavy atom. The molecule has 2 amide bonds. The van der Waals surface area contributed by atoms with Gasteiger partial charge in [0.2, 0.25) is 11.8 Å². The summed E-state index contributed by atoms with van der Waals surface area (Å²) in [6.07, 6.45) is 0.148. The van der Waals surface area contributed by atoms with Gasteiger partial charge in [-0.3, -0.25) is 13.9 Å². The molecular weight excluding hydrogens is 553 g/mol. The van der Waals surface area contributed by atoms with Gasteiger partial charge in [-0.1, -0.05) is 78.9 Å². The summed E-state index contributed by atoms with van der Waals surface area (Å²) < 4.78 is 44.0. The summed E-state index contributed by atoms with van der Waals surface area (Å²) >= 11 is 0. The zero-order valence-corrected chi connectivity index (χ0v) is 24.6. The van der Waals surface area contributed by atoms with Gasteiger partial charge in [-0.05, 0) is 54.8 Å². The molecule has 9 heteroatoms. The first-order valence-electron chi connectivity index (χ1n) is 13.5. The highest BCUT2D eigenvalue weighted by Crippen LogP contribution is 2.29. The number of carbonyl (C=O) groups is 2. The molecule has 0 aliphatic heterocycles. The van der Waals surface area contributed by atoms with Crippen molar-refractivity contribution in [2.45, 2.75) is 37.8 Å². The summed E-state index contributed by atoms with van der Waals surface area (Å²) in [6.45, 7) is 2.78. The highest BCUT2D eigenvalue weighted by Gasteiger charge is 2.35. The third kappa shape index (κ3) is 7.03. The number of likely N-dealkylation sites (N-methyl/N-ethyl adjacent to an activating group) is 1. The predicted molar refractivity (Wildman–Crippen MR) is 162 cm³/mol. The number of amides is 2. The second-order valence-corrected chi connectivity index (χ2v) is 11.9. The number of rotatable bonds is 11. The molecule has 4 rings (SSSR count). The van der Waals surface area contributed by atoms with E-state index in [0.29, 0.717) is 11.3 Å². The highest BCUT2D eigenvalue weighted by atomic mass is 32.2. The number of sulfonamides is 1. The molecule has 0 spiro atoms. The Balaban J connectivity index is 1.82. The number of nitrogens with one attached hydrogen (secondary N) is 1. The van der Waals surface area contributed by atoms with Crippen LogP contribution in [-0.2, 0) is 32.6 Å². The molecule has 0 heterocycles. The van der Waals surface area contributed by atoms with Crippen molar-refractivity contribution in [2.24, 2.45) is 0 Å². The molecule has 0 saturated heterocycles. The van der Waals surface area contributed by atoms with Crippen LogP contribution in [0.2, 0.25) is 0 Å². The van der Waals surface area contributed by atoms with E-state index in [4.69, 9.17) is 0 Å². The molecule has 4 aromatic rings. The van der Waals surface area contributed by atoms with Crippen LogP contribution in [0.1, 0.15) is 22.3 Å². The molecule has 42 heavy (non-hydrogen) atoms. The van der Waals surface area contributed by atoms with Crippen LogP contribution in [0.15, 0.2) is 108 Å². The van der Waals surface area contributed by atoms with E-state index in [-0.39, 0.29) is 23.4 Å². The van der Waals surface area contributed by atoms with Crippen molar-refractivity contribution in [3.63, 3.8) is 0 Å². The minimum absolute atomic E-state index is 0.0199. The molecular formula is C33H34FN3O4S. The molecule has 0 aromatic heterocycles. The number of carbonyl (C=O) groups excluding carboxylic acids is 2. The molecule has 0 aliphatic rings. The van der Waals surface area contributed by atoms with Crippen molar-refractivity contribution in [3.8, 4) is 0 Å². The summed E-state index contributed by atoms with van der Waals surface area (Å²) in [6, 6.07) is 27.4. The maximum Gasteiger partial charge on any atom is 0.264 e. The van der Waals surface area contributed by atoms with E-state index in [1.807, 2.05) is 43.3 Å². The van der Waals surface area contributed by atoms with Gasteiger partial charge < -0.3 is 10.2 Å². The van der Waals surface area contributed by atoms with E-state index in [9.17, 15) is 22.4 Å². The molecule has 0 aliphatic carbocycles. The molecule has 0 saturated carbocycles. The standard InChI is InChI=1S/C33H34FN3O4S/c1-24-18-19-25(2)30(20-24)37(42(40,41)28-15-8-5-9-16-28)23-32(38)36(22-27-14-10-11-17-29(27)34)31(33(39)35-3)21-26-12-6-4-7-13-26/h4-20,31H,21-23H2,1-3H3,(H,35,39). The second kappa shape index (κ2) is 13.4. The molecule has 1 unspecified atom stereocenters. The fraction of sp³-hybridized carbons (Fsp3) is 0.212. The van der Waals surface area contributed by atoms with Crippen molar-refractivity contribution >= 4 is 27.5 Å². The van der Waals surface area contributed by atoms with E-state index < -0.39 is 40.2 Å². The molecule has 0 fully saturated rings. The summed E-state index contributed by atoms with van der Waals surface area (Å²) in [5.74, 6) is -1.63. The SMILES string of the molecule is CNC(=O)C(Cc1ccccc1)N(Cc1ccccc1F)C(=O)CN(c1cc(C)ccc1C)S(=O)(=O)c1ccccc1. The average Bonchev–Trinajstić information content (AvgIpc) is 3.00. The number of anilines is 1. The zero-order valence-electron chi connectivity index (χ0n) is 23.8. The minimum atomic E-state index is -4.20. The summed E-state index contributed by atoms with van der Waals surface area (Å²) in [4.78, 5) is 28.9. The van der Waals surface area contributed by atoms with Crippen molar-refractivity contribution in [3.05, 3.63) is 131 Å². The van der Waals surface area contributed by atoms with Gasteiger partial charge in [0.25, 0.3) is 10.0 Å². The van der Waals surface area contributed by atoms with Gasteiger partial charge in [-0.15, -0.1) is 0 Å². The molecule has 218 valence electrons. The Hall–Kier alpha value is -4.50. The molecule has 7 nitrogen and oxygen atoms in total. The number of aryl methyl sites for hydroxylation is 2. The van der Waals surface area contributed by atoms with E-state index in [0.717, 1.165) is 15.4 Å². The fourth-order valence-electron chi connectivity index (χ4n) is 4.75. The second-order valence-electron chi connectivity index (χ2n) is 10.0. The summed E-state index contributed by atoms with van der Waals surface area (Å²) in [5.41, 5.74) is 2.81. The van der Waals surface area contributed by atoms with Gasteiger partial charge in [0.15, 0.2) is 0 Å². The summed E-state index contributed by atoms with van der Waals surface area (Å²) in [5, 5.41) is 2.62. The molecule has 1 atom stereocenters. The van der Waals surface area contributed by atoms with E-state index >= 15 is 0 Å². The molecule has 0 bridgehead atoms. The lowest BCUT2D eigenvalue weighted by Gasteiger charge is -2.34. The predicted octanol–water partition coefficient (Wildman–Crippen LogP) is 5.02. The lowest BCUT2D eigenvalue weighted by Crippen LogP contribution is -2.53. The Bertz CT molecular complexity index is 1650. The summed E-state index contributed by atoms with van der Waals surface area (Å²) in [7, 11) is -2.74. The Kier molecular flexibility index (Phi) is 9.75. The van der Waals surface area contributed by atoms with E-state index in [2.05, 4.69) is 5.32 Å². The van der Waals surface area contributed by atoms with Crippen LogP contribution in [0.5, 0.6) is 0 Å². The maximum atomic E-state index is 14.9. The van der Waals surface area contributed by atoms with Gasteiger partial charge >= 0.3 is 0 Å². The van der Waals surface area contributed by atoms with E-state index in [1.54, 1.807) is 55.5 Å². The van der Waals surface area contributed by atoms with Crippen LogP contribution in [0, 0.1) is 19.7 Å². The van der Waals surface area contributed by atoms with Crippen molar-refractivity contribution in [1.29, 1.82) is 0 Å². The minimum Gasteiger partial charge on any atom is -0.357 e. The smallest absolute Gasteiger partial charge is 0.264 e. The Morgan fingerprint density at radius 3 is 2.12 bits per heavy atom. The highest BCUT2D eigenvalue weighted by molar-refractivity contribution is 7.92. The lowest BCUT2D eigenvalue weighted by atomic mass is 10.0. The van der Waals surface area contributed by atoms with Gasteiger partial charge in [0.1, 0.15) is 18.4 Å². The number of benzene rings is 4. The first-order chi connectivity index (χ1) is 20.1. The van der Waals surface area contributed by atoms with Crippen LogP contribution in [-0.4, -0.2) is 44.8 Å². The first kappa shape index (κ1) is 30.5. The first-order valence-corrected chi connectivity index (χ1v) is 15.0. The van der Waals surface area contributed by atoms with Crippen LogP contribution in [0.25, 0.3) is 0 Å². The third-order valence-electron chi connectivity index (χ3n) is 7.06. The van der Waals surface area contributed by atoms with Gasteiger partial charge in [0, 0.05) is 25.6 Å². The van der Waals surface area contributed by atoms with Crippen LogP contribution in [0.4, 0.5) is 10.1 Å². The monoisotopic (exact) mass is 587 g/mol. The number of nitrogens with zero attached hydrogens (tertiary/aromatic N) is 2. The Morgan fingerprint density at radius 2 is 1.48 bits per heavy atom.